The summed E-state index contributed by atoms with van der Waals surface area (Å²) in [5.41, 5.74) is 14.4. The van der Waals surface area contributed by atoms with Gasteiger partial charge in [-0.15, -0.1) is 0 Å². The van der Waals surface area contributed by atoms with Gasteiger partial charge in [0.05, 0.1) is 31.3 Å². The lowest BCUT2D eigenvalue weighted by Gasteiger charge is -2.28. The molecule has 0 bridgehead atoms. The molecule has 0 saturated heterocycles. The van der Waals surface area contributed by atoms with Gasteiger partial charge in [0.1, 0.15) is 23.7 Å². The number of rotatable bonds is 29. The van der Waals surface area contributed by atoms with Gasteiger partial charge in [0.25, 0.3) is 0 Å². The van der Waals surface area contributed by atoms with Crippen LogP contribution in [-0.4, -0.2) is 72.6 Å². The van der Waals surface area contributed by atoms with Gasteiger partial charge in [-0.1, -0.05) is 108 Å². The number of carbonyl (C=O) groups is 2. The minimum Gasteiger partial charge on any atom is -0.493 e. The lowest BCUT2D eigenvalue weighted by Crippen LogP contribution is -2.39. The number of aliphatic hydroxyl groups is 2. The lowest BCUT2D eigenvalue weighted by molar-refractivity contribution is -0.130. The van der Waals surface area contributed by atoms with Crippen LogP contribution in [0.5, 0.6) is 11.5 Å². The van der Waals surface area contributed by atoms with E-state index >= 15 is 0 Å². The molecule has 65 heavy (non-hydrogen) atoms. The smallest absolute Gasteiger partial charge is 0.184 e. The molecular weight excluding hydrogens is 817 g/mol. The summed E-state index contributed by atoms with van der Waals surface area (Å²) in [5, 5.41) is 22.9. The largest absolute Gasteiger partial charge is 0.493 e. The maximum Gasteiger partial charge on any atom is 0.184 e. The first-order valence-electron chi connectivity index (χ1n) is 24.8. The van der Waals surface area contributed by atoms with Gasteiger partial charge in [0, 0.05) is 24.6 Å². The van der Waals surface area contributed by atoms with Crippen LogP contribution in [0.3, 0.4) is 0 Å². The van der Waals surface area contributed by atoms with Gasteiger partial charge in [-0.05, 0) is 141 Å². The summed E-state index contributed by atoms with van der Waals surface area (Å²) in [4.78, 5) is 27.0. The van der Waals surface area contributed by atoms with Crippen LogP contribution in [0.1, 0.15) is 152 Å². The fourth-order valence-corrected chi connectivity index (χ4v) is 8.94. The van der Waals surface area contributed by atoms with Crippen molar-refractivity contribution in [2.45, 2.75) is 160 Å². The lowest BCUT2D eigenvalue weighted by atomic mass is 9.83. The number of benzene rings is 3. The summed E-state index contributed by atoms with van der Waals surface area (Å²) >= 11 is 0. The van der Waals surface area contributed by atoms with Crippen LogP contribution >= 0.6 is 0 Å². The molecular formula is C55H78N2O8. The number of nitrogens with two attached hydrogens (primary N) is 2. The van der Waals surface area contributed by atoms with Crippen molar-refractivity contribution in [1.82, 2.24) is 0 Å². The highest BCUT2D eigenvalue weighted by Gasteiger charge is 2.37. The average molecular weight is 895 g/mol. The monoisotopic (exact) mass is 895 g/mol. The van der Waals surface area contributed by atoms with Crippen molar-refractivity contribution in [3.8, 4) is 11.5 Å². The van der Waals surface area contributed by atoms with E-state index in [0.717, 1.165) is 100 Å². The third-order valence-corrected chi connectivity index (χ3v) is 13.1. The Kier molecular flexibility index (Phi) is 22.6. The number of nitrogen functional groups attached to an aromatic ring is 2. The number of ether oxygens (including phenoxy) is 4. The Morgan fingerprint density at radius 2 is 1.00 bits per heavy atom. The molecule has 2 aliphatic rings. The number of anilines is 2. The Hall–Kier alpha value is -4.48. The van der Waals surface area contributed by atoms with Gasteiger partial charge >= 0.3 is 0 Å². The molecule has 2 aliphatic carbocycles. The van der Waals surface area contributed by atoms with Crippen LogP contribution in [-0.2, 0) is 19.1 Å². The molecule has 2 saturated carbocycles. The van der Waals surface area contributed by atoms with Gasteiger partial charge in [-0.2, -0.15) is 0 Å². The molecule has 2 fully saturated rings. The number of hydrogen-bond donors (Lipinski definition) is 4. The SMILES string of the molecule is CCCCCCCOC1CCC(COc2ccc(/C=C/C(=O)C(O)C(c3ccc(N)cc3N)C(O)C(=O)/C=C/c3ccc(OCC4CCC(OCCCCCCC)CC4)cc3)cc2)CC1. The molecule has 2 unspecified atom stereocenters. The number of ketones is 2. The van der Waals surface area contributed by atoms with Crippen LogP contribution in [0.2, 0.25) is 0 Å². The second kappa shape index (κ2) is 28.5. The highest BCUT2D eigenvalue weighted by Crippen LogP contribution is 2.33. The number of unbranched alkanes of at least 4 members (excludes halogenated alkanes) is 8. The summed E-state index contributed by atoms with van der Waals surface area (Å²) in [6, 6.07) is 19.4. The van der Waals surface area contributed by atoms with E-state index < -0.39 is 29.7 Å². The molecule has 10 heteroatoms. The number of hydrogen-bond acceptors (Lipinski definition) is 10. The molecule has 0 amide bonds. The Morgan fingerprint density at radius 1 is 0.585 bits per heavy atom. The van der Waals surface area contributed by atoms with Crippen molar-refractivity contribution in [1.29, 1.82) is 0 Å². The van der Waals surface area contributed by atoms with E-state index in [-0.39, 0.29) is 11.3 Å². The molecule has 0 spiro atoms. The van der Waals surface area contributed by atoms with E-state index in [1.54, 1.807) is 18.2 Å². The van der Waals surface area contributed by atoms with Gasteiger partial charge < -0.3 is 40.6 Å². The first-order valence-corrected chi connectivity index (χ1v) is 24.8. The zero-order valence-electron chi connectivity index (χ0n) is 39.3. The first-order chi connectivity index (χ1) is 31.6. The predicted octanol–water partition coefficient (Wildman–Crippen LogP) is 11.1. The topological polar surface area (TPSA) is 164 Å². The number of aliphatic hydroxyl groups excluding tert-OH is 2. The Balaban J connectivity index is 1.08. The molecule has 0 aliphatic heterocycles. The van der Waals surface area contributed by atoms with E-state index in [1.807, 2.05) is 48.5 Å². The molecule has 5 rings (SSSR count). The molecule has 0 heterocycles. The summed E-state index contributed by atoms with van der Waals surface area (Å²) in [6.45, 7) is 7.49. The van der Waals surface area contributed by atoms with Crippen molar-refractivity contribution in [2.75, 3.05) is 37.9 Å². The molecule has 10 nitrogen and oxygen atoms in total. The molecule has 6 N–H and O–H groups in total. The highest BCUT2D eigenvalue weighted by molar-refractivity contribution is 6.01. The maximum absolute atomic E-state index is 13.5. The van der Waals surface area contributed by atoms with Crippen LogP contribution < -0.4 is 20.9 Å². The summed E-state index contributed by atoms with van der Waals surface area (Å²) < 4.78 is 24.5. The summed E-state index contributed by atoms with van der Waals surface area (Å²) in [5.74, 6) is -0.265. The minimum atomic E-state index is -1.78. The molecule has 356 valence electrons. The molecule has 3 aromatic carbocycles. The van der Waals surface area contributed by atoms with Crippen molar-refractivity contribution in [3.63, 3.8) is 0 Å². The standard InChI is InChI=1S/C55H78N2O8/c1-3-5-7-9-11-35-62-45-28-17-42(18-29-45)38-64-47-24-13-40(14-25-47)21-33-51(58)54(60)53(49-32-23-44(56)37-50(49)57)55(61)52(59)34-22-41-15-26-48(27-16-41)65-39-43-19-30-46(31-20-43)63-36-12-10-8-6-4-2/h13-16,21-27,32-34,37,42-43,45-46,53-55,60-61H,3-12,17-20,28-31,35-36,38-39,56-57H2,1-2H3/b33-21+,34-22+. The molecule has 0 radical (unpaired) electrons. The highest BCUT2D eigenvalue weighted by atomic mass is 16.5. The van der Waals surface area contributed by atoms with Gasteiger partial charge in [0.2, 0.25) is 0 Å². The van der Waals surface area contributed by atoms with Crippen molar-refractivity contribution in [2.24, 2.45) is 11.8 Å². The Morgan fingerprint density at radius 3 is 1.40 bits per heavy atom. The Labute approximate surface area is 389 Å². The van der Waals surface area contributed by atoms with E-state index in [9.17, 15) is 19.8 Å². The fourth-order valence-electron chi connectivity index (χ4n) is 8.94. The van der Waals surface area contributed by atoms with Crippen LogP contribution in [0.25, 0.3) is 12.2 Å². The van der Waals surface area contributed by atoms with Crippen LogP contribution in [0.4, 0.5) is 11.4 Å². The van der Waals surface area contributed by atoms with E-state index in [4.69, 9.17) is 30.4 Å². The summed E-state index contributed by atoms with van der Waals surface area (Å²) in [6.07, 6.45) is 24.0. The van der Waals surface area contributed by atoms with Gasteiger partial charge in [-0.3, -0.25) is 9.59 Å². The maximum atomic E-state index is 13.5. The van der Waals surface area contributed by atoms with E-state index in [2.05, 4.69) is 13.8 Å². The van der Waals surface area contributed by atoms with Crippen molar-refractivity contribution >= 4 is 35.1 Å². The average Bonchev–Trinajstić information content (AvgIpc) is 3.32. The number of carbonyl (C=O) groups excluding carboxylic acids is 2. The zero-order chi connectivity index (χ0) is 46.2. The molecule has 0 aromatic heterocycles. The quantitative estimate of drug-likeness (QED) is 0.0300. The summed E-state index contributed by atoms with van der Waals surface area (Å²) in [7, 11) is 0. The van der Waals surface area contributed by atoms with E-state index in [0.29, 0.717) is 42.9 Å². The third-order valence-electron chi connectivity index (χ3n) is 13.1. The third kappa shape index (κ3) is 18.0. The van der Waals surface area contributed by atoms with Crippen molar-refractivity contribution in [3.05, 3.63) is 95.6 Å². The molecule has 2 atom stereocenters. The zero-order valence-corrected chi connectivity index (χ0v) is 39.3. The fraction of sp³-hybridized carbons (Fsp3) is 0.564. The second-order valence-corrected chi connectivity index (χ2v) is 18.4. The first kappa shape index (κ1) is 51.5. The molecule has 3 aromatic rings. The normalized spacial score (nSPS) is 20.4. The van der Waals surface area contributed by atoms with Crippen molar-refractivity contribution < 1.29 is 38.7 Å². The van der Waals surface area contributed by atoms with Crippen LogP contribution in [0.15, 0.2) is 78.9 Å². The minimum absolute atomic E-state index is 0.150. The van der Waals surface area contributed by atoms with Crippen LogP contribution in [0, 0.1) is 11.8 Å². The van der Waals surface area contributed by atoms with Gasteiger partial charge in [0.15, 0.2) is 11.6 Å². The van der Waals surface area contributed by atoms with Gasteiger partial charge in [-0.25, -0.2) is 0 Å². The second-order valence-electron chi connectivity index (χ2n) is 18.4. The van der Waals surface area contributed by atoms with E-state index in [1.165, 1.54) is 75.7 Å². The Bertz CT molecular complexity index is 1770. The predicted molar refractivity (Wildman–Crippen MR) is 263 cm³/mol.